The molecule has 1 aliphatic carbocycles. The first-order valence-corrected chi connectivity index (χ1v) is 17.5. The van der Waals surface area contributed by atoms with E-state index in [9.17, 15) is 19.2 Å². The van der Waals surface area contributed by atoms with Gasteiger partial charge < -0.3 is 20.7 Å². The van der Waals surface area contributed by atoms with Crippen molar-refractivity contribution in [2.45, 2.75) is 109 Å². The van der Waals surface area contributed by atoms with E-state index in [0.29, 0.717) is 5.57 Å². The molecule has 3 rings (SSSR count). The highest BCUT2D eigenvalue weighted by molar-refractivity contribution is 7.98. The highest BCUT2D eigenvalue weighted by Gasteiger charge is 2.45. The number of carbonyl (C=O) groups excluding carboxylic acids is 4. The van der Waals surface area contributed by atoms with Crippen LogP contribution in [0.1, 0.15) is 86.3 Å². The molecule has 10 nitrogen and oxygen atoms in total. The minimum atomic E-state index is -1.02. The van der Waals surface area contributed by atoms with Crippen LogP contribution in [0.2, 0.25) is 0 Å². The Bertz CT molecular complexity index is 1520. The number of hydrogen-bond acceptors (Lipinski definition) is 7. The summed E-state index contributed by atoms with van der Waals surface area (Å²) in [6.45, 7) is 16.5. The Balaban J connectivity index is 1.74. The first-order chi connectivity index (χ1) is 22.6. The van der Waals surface area contributed by atoms with Gasteiger partial charge in [0.2, 0.25) is 11.8 Å². The number of nitrogens with one attached hydrogen (secondary N) is 2. The molecule has 268 valence electrons. The Morgan fingerprint density at radius 2 is 1.51 bits per heavy atom. The van der Waals surface area contributed by atoms with Gasteiger partial charge in [0, 0.05) is 42.1 Å². The van der Waals surface area contributed by atoms with Crippen molar-refractivity contribution in [1.29, 1.82) is 0 Å². The van der Waals surface area contributed by atoms with E-state index in [2.05, 4.69) is 10.0 Å². The summed E-state index contributed by atoms with van der Waals surface area (Å²) >= 11 is 1.22. The molecule has 0 aromatic heterocycles. The number of benzene rings is 2. The Morgan fingerprint density at radius 1 is 0.939 bits per heavy atom. The van der Waals surface area contributed by atoms with Gasteiger partial charge in [-0.3, -0.25) is 24.0 Å². The van der Waals surface area contributed by atoms with Gasteiger partial charge in [0.05, 0.1) is 0 Å². The third-order valence-electron chi connectivity index (χ3n) is 8.80. The molecule has 0 spiro atoms. The molecule has 2 aromatic carbocycles. The number of amides is 4. The fraction of sp³-hybridized carbons (Fsp3) is 0.526. The van der Waals surface area contributed by atoms with Crippen molar-refractivity contribution in [2.24, 2.45) is 11.1 Å². The maximum atomic E-state index is 14.3. The lowest BCUT2D eigenvalue weighted by Gasteiger charge is -2.42. The average Bonchev–Trinajstić information content (AvgIpc) is 3.78. The van der Waals surface area contributed by atoms with Gasteiger partial charge in [-0.15, -0.1) is 0 Å². The molecule has 1 fully saturated rings. The molecule has 0 bridgehead atoms. The monoisotopic (exact) mass is 693 g/mol. The predicted molar refractivity (Wildman–Crippen MR) is 196 cm³/mol. The zero-order valence-electron chi connectivity index (χ0n) is 31.0. The molecule has 2 aromatic rings. The van der Waals surface area contributed by atoms with Gasteiger partial charge >= 0.3 is 6.09 Å². The molecule has 4 amide bonds. The maximum Gasteiger partial charge on any atom is 0.410 e. The van der Waals surface area contributed by atoms with Crippen molar-refractivity contribution in [1.82, 2.24) is 19.8 Å². The quantitative estimate of drug-likeness (QED) is 0.186. The van der Waals surface area contributed by atoms with E-state index in [4.69, 9.17) is 10.5 Å². The van der Waals surface area contributed by atoms with E-state index in [1.807, 2.05) is 89.2 Å². The Labute approximate surface area is 296 Å². The normalized spacial score (nSPS) is 15.8. The fourth-order valence-electron chi connectivity index (χ4n) is 5.46. The Morgan fingerprint density at radius 3 is 2.02 bits per heavy atom. The van der Waals surface area contributed by atoms with Gasteiger partial charge in [-0.2, -0.15) is 0 Å². The first kappa shape index (κ1) is 39.6. The number of nitrogens with two attached hydrogens (primary N) is 1. The van der Waals surface area contributed by atoms with Crippen molar-refractivity contribution in [3.8, 4) is 0 Å². The van der Waals surface area contributed by atoms with E-state index >= 15 is 0 Å². The number of ether oxygens (including phenoxy) is 1. The number of nitrogens with zero attached hydrogens (tertiary/aromatic N) is 2. The zero-order chi connectivity index (χ0) is 36.9. The topological polar surface area (TPSA) is 134 Å². The standard InChI is InChI=1S/C38H55N5O5S/c1-25(31(44)41-49-28-19-17-27(18-20-28)38(39)22-23-38)21-24-42(10)33(46)29(35(2,3)4)40-32(45)30(43(11)34(47)48-36(5,6)7)37(8,9)26-15-13-12-14-16-26/h12-21,29-30H,22-24,39H2,1-11H3,(H,40,45)(H,41,44)/b25-21+. The largest absolute Gasteiger partial charge is 0.444 e. The molecule has 49 heavy (non-hydrogen) atoms. The average molecular weight is 694 g/mol. The second-order valence-corrected chi connectivity index (χ2v) is 16.6. The van der Waals surface area contributed by atoms with E-state index in [-0.39, 0.29) is 23.9 Å². The molecule has 1 aliphatic rings. The Hall–Kier alpha value is -3.83. The van der Waals surface area contributed by atoms with E-state index in [1.54, 1.807) is 47.9 Å². The molecular formula is C38H55N5O5S. The second-order valence-electron chi connectivity index (χ2n) is 15.7. The number of hydrogen-bond donors (Lipinski definition) is 3. The summed E-state index contributed by atoms with van der Waals surface area (Å²) < 4.78 is 8.49. The van der Waals surface area contributed by atoms with Gasteiger partial charge in [-0.25, -0.2) is 4.79 Å². The first-order valence-electron chi connectivity index (χ1n) is 16.7. The third-order valence-corrected chi connectivity index (χ3v) is 9.60. The molecule has 0 heterocycles. The SMILES string of the molecule is C/C(=C\CN(C)C(=O)C(NC(=O)C(N(C)C(=O)OC(C)(C)C)C(C)(C)c1ccccc1)C(C)(C)C)C(=O)NSc1ccc(C2(N)CC2)cc1. The molecule has 4 N–H and O–H groups in total. The van der Waals surface area contributed by atoms with Crippen molar-refractivity contribution in [3.05, 3.63) is 77.4 Å². The van der Waals surface area contributed by atoms with Crippen molar-refractivity contribution in [3.63, 3.8) is 0 Å². The van der Waals surface area contributed by atoms with Crippen LogP contribution in [-0.4, -0.2) is 71.9 Å². The summed E-state index contributed by atoms with van der Waals surface area (Å²) in [7, 11) is 3.17. The summed E-state index contributed by atoms with van der Waals surface area (Å²) in [6, 6.07) is 15.4. The fourth-order valence-corrected chi connectivity index (χ4v) is 6.11. The van der Waals surface area contributed by atoms with E-state index in [1.165, 1.54) is 21.7 Å². The molecule has 0 saturated heterocycles. The minimum Gasteiger partial charge on any atom is -0.444 e. The zero-order valence-corrected chi connectivity index (χ0v) is 31.8. The Kier molecular flexibility index (Phi) is 12.4. The van der Waals surface area contributed by atoms with Gasteiger partial charge in [-0.05, 0) is 81.2 Å². The lowest BCUT2D eigenvalue weighted by Crippen LogP contribution is -2.62. The molecule has 1 saturated carbocycles. The summed E-state index contributed by atoms with van der Waals surface area (Å²) in [6.07, 6.45) is 3.00. The van der Waals surface area contributed by atoms with Crippen molar-refractivity contribution >= 4 is 35.8 Å². The number of rotatable bonds is 12. The third kappa shape index (κ3) is 10.6. The van der Waals surface area contributed by atoms with Crippen LogP contribution >= 0.6 is 11.9 Å². The highest BCUT2D eigenvalue weighted by Crippen LogP contribution is 2.42. The van der Waals surface area contributed by atoms with Gasteiger partial charge in [0.25, 0.3) is 5.91 Å². The lowest BCUT2D eigenvalue weighted by molar-refractivity contribution is -0.140. The summed E-state index contributed by atoms with van der Waals surface area (Å²) in [4.78, 5) is 58.0. The van der Waals surface area contributed by atoms with Crippen molar-refractivity contribution < 1.29 is 23.9 Å². The predicted octanol–water partition coefficient (Wildman–Crippen LogP) is 5.91. The molecule has 0 aliphatic heterocycles. The van der Waals surface area contributed by atoms with Crippen LogP contribution in [0.15, 0.2) is 71.1 Å². The van der Waals surface area contributed by atoms with Gasteiger partial charge in [-0.1, -0.05) is 83.2 Å². The van der Waals surface area contributed by atoms with Crippen LogP contribution in [-0.2, 0) is 30.1 Å². The summed E-state index contributed by atoms with van der Waals surface area (Å²) in [5, 5.41) is 2.99. The van der Waals surface area contributed by atoms with Gasteiger partial charge in [0.1, 0.15) is 17.7 Å². The van der Waals surface area contributed by atoms with Crippen LogP contribution in [0.3, 0.4) is 0 Å². The summed E-state index contributed by atoms with van der Waals surface area (Å²) in [5.74, 6) is -1.09. The molecule has 11 heteroatoms. The van der Waals surface area contributed by atoms with Crippen molar-refractivity contribution in [2.75, 3.05) is 20.6 Å². The van der Waals surface area contributed by atoms with E-state index in [0.717, 1.165) is 28.9 Å². The van der Waals surface area contributed by atoms with Gasteiger partial charge in [0.15, 0.2) is 0 Å². The molecule has 2 atom stereocenters. The maximum absolute atomic E-state index is 14.3. The second kappa shape index (κ2) is 15.4. The summed E-state index contributed by atoms with van der Waals surface area (Å²) in [5.41, 5.74) is 6.14. The number of carbonyl (C=O) groups is 4. The van der Waals surface area contributed by atoms with Crippen LogP contribution in [0.4, 0.5) is 4.79 Å². The van der Waals surface area contributed by atoms with E-state index < -0.39 is 40.5 Å². The lowest BCUT2D eigenvalue weighted by atomic mass is 9.76. The molecule has 0 radical (unpaired) electrons. The molecule has 2 unspecified atom stereocenters. The van der Waals surface area contributed by atoms with Crippen LogP contribution in [0.5, 0.6) is 0 Å². The smallest absolute Gasteiger partial charge is 0.410 e. The minimum absolute atomic E-state index is 0.148. The van der Waals surface area contributed by atoms with Crippen LogP contribution < -0.4 is 15.8 Å². The van der Waals surface area contributed by atoms with Crippen LogP contribution in [0.25, 0.3) is 0 Å². The van der Waals surface area contributed by atoms with Crippen LogP contribution in [0, 0.1) is 5.41 Å². The molecular weight excluding hydrogens is 639 g/mol. The highest BCUT2D eigenvalue weighted by atomic mass is 32.2. The number of likely N-dealkylation sites (N-methyl/N-ethyl adjacent to an activating group) is 2.